The van der Waals surface area contributed by atoms with Gasteiger partial charge in [0, 0.05) is 13.2 Å². The SMILES string of the molecule is CCOC(C)CNS(=O)(=O)c1ccc(OC)c(Br)c1. The van der Waals surface area contributed by atoms with Crippen LogP contribution < -0.4 is 9.46 Å². The van der Waals surface area contributed by atoms with E-state index in [1.807, 2.05) is 13.8 Å². The summed E-state index contributed by atoms with van der Waals surface area (Å²) < 4.78 is 37.6. The summed E-state index contributed by atoms with van der Waals surface area (Å²) in [4.78, 5) is 0.184. The number of sulfonamides is 1. The molecule has 1 aromatic rings. The van der Waals surface area contributed by atoms with Crippen molar-refractivity contribution in [3.05, 3.63) is 22.7 Å². The Morgan fingerprint density at radius 2 is 2.11 bits per heavy atom. The molecule has 0 saturated carbocycles. The Morgan fingerprint density at radius 3 is 2.63 bits per heavy atom. The van der Waals surface area contributed by atoms with Gasteiger partial charge >= 0.3 is 0 Å². The van der Waals surface area contributed by atoms with Crippen molar-refractivity contribution in [2.45, 2.75) is 24.8 Å². The molecule has 0 radical (unpaired) electrons. The topological polar surface area (TPSA) is 64.6 Å². The Kier molecular flexibility index (Phi) is 6.25. The molecule has 5 nitrogen and oxygen atoms in total. The maximum absolute atomic E-state index is 12.1. The van der Waals surface area contributed by atoms with Crippen LogP contribution in [0.15, 0.2) is 27.6 Å². The minimum atomic E-state index is -3.54. The molecule has 0 spiro atoms. The van der Waals surface area contributed by atoms with E-state index in [1.54, 1.807) is 6.07 Å². The molecule has 0 aromatic heterocycles. The van der Waals surface area contributed by atoms with Crippen molar-refractivity contribution in [2.24, 2.45) is 0 Å². The predicted octanol–water partition coefficient (Wildman–Crippen LogP) is 2.16. The van der Waals surface area contributed by atoms with E-state index >= 15 is 0 Å². The van der Waals surface area contributed by atoms with Crippen LogP contribution in [-0.4, -0.2) is 34.8 Å². The molecule has 1 atom stereocenters. The van der Waals surface area contributed by atoms with E-state index in [0.717, 1.165) is 0 Å². The van der Waals surface area contributed by atoms with Crippen LogP contribution in [-0.2, 0) is 14.8 Å². The molecule has 19 heavy (non-hydrogen) atoms. The molecule has 0 heterocycles. The molecule has 0 amide bonds. The van der Waals surface area contributed by atoms with Crippen LogP contribution in [0.25, 0.3) is 0 Å². The third-order valence-electron chi connectivity index (χ3n) is 2.45. The van der Waals surface area contributed by atoms with Crippen molar-refractivity contribution < 1.29 is 17.9 Å². The number of hydrogen-bond donors (Lipinski definition) is 1. The third kappa shape index (κ3) is 4.76. The average molecular weight is 352 g/mol. The number of nitrogens with one attached hydrogen (secondary N) is 1. The van der Waals surface area contributed by atoms with Gasteiger partial charge in [0.25, 0.3) is 0 Å². The van der Waals surface area contributed by atoms with Gasteiger partial charge in [-0.1, -0.05) is 0 Å². The second-order valence-corrected chi connectivity index (χ2v) is 6.54. The van der Waals surface area contributed by atoms with Crippen LogP contribution in [0.1, 0.15) is 13.8 Å². The van der Waals surface area contributed by atoms with Gasteiger partial charge in [-0.05, 0) is 48.0 Å². The van der Waals surface area contributed by atoms with Gasteiger partial charge in [-0.3, -0.25) is 0 Å². The summed E-state index contributed by atoms with van der Waals surface area (Å²) in [6, 6.07) is 4.61. The van der Waals surface area contributed by atoms with Gasteiger partial charge in [-0.15, -0.1) is 0 Å². The maximum atomic E-state index is 12.1. The molecule has 1 unspecified atom stereocenters. The Morgan fingerprint density at radius 1 is 1.42 bits per heavy atom. The second kappa shape index (κ2) is 7.23. The van der Waals surface area contributed by atoms with Crippen LogP contribution in [0.4, 0.5) is 0 Å². The Hall–Kier alpha value is -0.630. The van der Waals surface area contributed by atoms with E-state index in [1.165, 1.54) is 19.2 Å². The first kappa shape index (κ1) is 16.4. The second-order valence-electron chi connectivity index (χ2n) is 3.91. The minimum Gasteiger partial charge on any atom is -0.496 e. The van der Waals surface area contributed by atoms with E-state index in [0.29, 0.717) is 16.8 Å². The molecular weight excluding hydrogens is 334 g/mol. The highest BCUT2D eigenvalue weighted by molar-refractivity contribution is 9.10. The summed E-state index contributed by atoms with van der Waals surface area (Å²) in [6.07, 6.45) is -0.165. The van der Waals surface area contributed by atoms with Crippen LogP contribution in [0, 0.1) is 0 Å². The zero-order valence-electron chi connectivity index (χ0n) is 11.1. The molecule has 7 heteroatoms. The van der Waals surface area contributed by atoms with Gasteiger partial charge in [0.1, 0.15) is 5.75 Å². The minimum absolute atomic E-state index is 0.165. The molecule has 0 fully saturated rings. The summed E-state index contributed by atoms with van der Waals surface area (Å²) in [5.74, 6) is 0.585. The van der Waals surface area contributed by atoms with E-state index in [9.17, 15) is 8.42 Å². The molecular formula is C12H18BrNO4S. The Bertz CT molecular complexity index is 518. The van der Waals surface area contributed by atoms with Gasteiger partial charge in [0.15, 0.2) is 0 Å². The van der Waals surface area contributed by atoms with Crippen LogP contribution >= 0.6 is 15.9 Å². The molecule has 1 aromatic carbocycles. The highest BCUT2D eigenvalue weighted by atomic mass is 79.9. The lowest BCUT2D eigenvalue weighted by atomic mass is 10.3. The van der Waals surface area contributed by atoms with Crippen LogP contribution in [0.5, 0.6) is 5.75 Å². The summed E-state index contributed by atoms with van der Waals surface area (Å²) in [6.45, 7) is 4.47. The van der Waals surface area contributed by atoms with Crippen molar-refractivity contribution in [3.8, 4) is 5.75 Å². The van der Waals surface area contributed by atoms with Crippen molar-refractivity contribution in [1.82, 2.24) is 4.72 Å². The van der Waals surface area contributed by atoms with Crippen LogP contribution in [0.3, 0.4) is 0 Å². The molecule has 0 saturated heterocycles. The summed E-state index contributed by atoms with van der Waals surface area (Å²) in [5, 5.41) is 0. The smallest absolute Gasteiger partial charge is 0.240 e. The van der Waals surface area contributed by atoms with E-state index < -0.39 is 10.0 Å². The average Bonchev–Trinajstić information content (AvgIpc) is 2.37. The van der Waals surface area contributed by atoms with Crippen molar-refractivity contribution in [2.75, 3.05) is 20.3 Å². The lowest BCUT2D eigenvalue weighted by Crippen LogP contribution is -2.32. The molecule has 108 valence electrons. The maximum Gasteiger partial charge on any atom is 0.240 e. The lowest BCUT2D eigenvalue weighted by molar-refractivity contribution is 0.0799. The van der Waals surface area contributed by atoms with Gasteiger partial charge in [-0.2, -0.15) is 0 Å². The predicted molar refractivity (Wildman–Crippen MR) is 77.0 cm³/mol. The first-order valence-corrected chi connectivity index (χ1v) is 8.13. The van der Waals surface area contributed by atoms with Gasteiger partial charge in [0.2, 0.25) is 10.0 Å². The highest BCUT2D eigenvalue weighted by Gasteiger charge is 2.16. The fraction of sp³-hybridized carbons (Fsp3) is 0.500. The zero-order chi connectivity index (χ0) is 14.5. The largest absolute Gasteiger partial charge is 0.496 e. The fourth-order valence-electron chi connectivity index (χ4n) is 1.47. The Balaban J connectivity index is 2.80. The van der Waals surface area contributed by atoms with E-state index in [4.69, 9.17) is 9.47 Å². The number of benzene rings is 1. The fourth-order valence-corrected chi connectivity index (χ4v) is 3.30. The summed E-state index contributed by atoms with van der Waals surface area (Å²) in [7, 11) is -2.01. The third-order valence-corrected chi connectivity index (χ3v) is 4.49. The number of ether oxygens (including phenoxy) is 2. The number of halogens is 1. The normalized spacial score (nSPS) is 13.3. The number of rotatable bonds is 7. The van der Waals surface area contributed by atoms with Crippen molar-refractivity contribution >= 4 is 26.0 Å². The molecule has 0 aliphatic heterocycles. The first-order valence-electron chi connectivity index (χ1n) is 5.85. The lowest BCUT2D eigenvalue weighted by Gasteiger charge is -2.13. The summed E-state index contributed by atoms with van der Waals surface area (Å²) >= 11 is 3.26. The van der Waals surface area contributed by atoms with E-state index in [2.05, 4.69) is 20.7 Å². The van der Waals surface area contributed by atoms with Gasteiger partial charge in [0.05, 0.1) is 22.6 Å². The highest BCUT2D eigenvalue weighted by Crippen LogP contribution is 2.27. The quantitative estimate of drug-likeness (QED) is 0.817. The van der Waals surface area contributed by atoms with Gasteiger partial charge in [-0.25, -0.2) is 13.1 Å². The van der Waals surface area contributed by atoms with Gasteiger partial charge < -0.3 is 9.47 Å². The number of hydrogen-bond acceptors (Lipinski definition) is 4. The standard InChI is InChI=1S/C12H18BrNO4S/c1-4-18-9(2)8-14-19(15,16)10-5-6-12(17-3)11(13)7-10/h5-7,9,14H,4,8H2,1-3H3. The molecule has 1 rings (SSSR count). The molecule has 0 aliphatic carbocycles. The first-order chi connectivity index (χ1) is 8.90. The monoisotopic (exact) mass is 351 g/mol. The van der Waals surface area contributed by atoms with Crippen molar-refractivity contribution in [3.63, 3.8) is 0 Å². The molecule has 0 bridgehead atoms. The van der Waals surface area contributed by atoms with Crippen molar-refractivity contribution in [1.29, 1.82) is 0 Å². The van der Waals surface area contributed by atoms with Crippen LogP contribution in [0.2, 0.25) is 0 Å². The molecule has 1 N–H and O–H groups in total. The summed E-state index contributed by atoms with van der Waals surface area (Å²) in [5.41, 5.74) is 0. The zero-order valence-corrected chi connectivity index (χ0v) is 13.5. The van der Waals surface area contributed by atoms with E-state index in [-0.39, 0.29) is 17.5 Å². The Labute approximate surface area is 122 Å². The molecule has 0 aliphatic rings. The number of methoxy groups -OCH3 is 1.